The molecule has 1 heterocycles. The maximum Gasteiger partial charge on any atom is 0.288 e. The highest BCUT2D eigenvalue weighted by atomic mass is 19.3. The zero-order valence-corrected chi connectivity index (χ0v) is 6.48. The predicted octanol–water partition coefficient (Wildman–Crippen LogP) is 0.754. The molecule has 2 nitrogen and oxygen atoms in total. The van der Waals surface area contributed by atoms with Crippen LogP contribution in [0.1, 0.15) is 19.8 Å². The fourth-order valence-corrected chi connectivity index (χ4v) is 1.30. The molecule has 4 heteroatoms. The summed E-state index contributed by atoms with van der Waals surface area (Å²) in [5.74, 6) is -2.98. The second-order valence-corrected chi connectivity index (χ2v) is 3.00. The Kier molecular flexibility index (Phi) is 2.44. The Morgan fingerprint density at radius 3 is 2.64 bits per heavy atom. The van der Waals surface area contributed by atoms with Crippen molar-refractivity contribution in [1.29, 1.82) is 0 Å². The third-order valence-electron chi connectivity index (χ3n) is 2.08. The van der Waals surface area contributed by atoms with Gasteiger partial charge < -0.3 is 10.4 Å². The van der Waals surface area contributed by atoms with Crippen molar-refractivity contribution in [3.8, 4) is 0 Å². The molecule has 0 saturated carbocycles. The van der Waals surface area contributed by atoms with Gasteiger partial charge in [0, 0.05) is 0 Å². The highest BCUT2D eigenvalue weighted by Gasteiger charge is 2.45. The van der Waals surface area contributed by atoms with Crippen LogP contribution >= 0.6 is 0 Å². The van der Waals surface area contributed by atoms with Gasteiger partial charge in [-0.3, -0.25) is 0 Å². The lowest BCUT2D eigenvalue weighted by atomic mass is 10.0. The van der Waals surface area contributed by atoms with Crippen molar-refractivity contribution in [2.75, 3.05) is 6.54 Å². The lowest BCUT2D eigenvalue weighted by Crippen LogP contribution is -2.47. The van der Waals surface area contributed by atoms with Crippen molar-refractivity contribution in [3.63, 3.8) is 0 Å². The Morgan fingerprint density at radius 1 is 1.64 bits per heavy atom. The molecular weight excluding hydrogens is 152 g/mol. The molecule has 1 aliphatic heterocycles. The van der Waals surface area contributed by atoms with E-state index in [1.54, 1.807) is 0 Å². The Labute approximate surface area is 64.6 Å². The second kappa shape index (κ2) is 3.03. The Balaban J connectivity index is 2.55. The summed E-state index contributed by atoms with van der Waals surface area (Å²) < 4.78 is 25.9. The highest BCUT2D eigenvalue weighted by Crippen LogP contribution is 2.28. The SMILES string of the molecule is CC(O)C(F)(F)C1CCCN1. The standard InChI is InChI=1S/C7H13F2NO/c1-5(11)7(8,9)6-3-2-4-10-6/h5-6,10-11H,2-4H2,1H3. The van der Waals surface area contributed by atoms with Crippen LogP contribution in [-0.2, 0) is 0 Å². The summed E-state index contributed by atoms with van der Waals surface area (Å²) in [6.07, 6.45) is -0.330. The van der Waals surface area contributed by atoms with Crippen molar-refractivity contribution in [2.45, 2.75) is 37.8 Å². The summed E-state index contributed by atoms with van der Waals surface area (Å²) in [5, 5.41) is 11.4. The fourth-order valence-electron chi connectivity index (χ4n) is 1.30. The van der Waals surface area contributed by atoms with Crippen LogP contribution in [0.25, 0.3) is 0 Å². The van der Waals surface area contributed by atoms with Crippen LogP contribution in [0.4, 0.5) is 8.78 Å². The minimum absolute atomic E-state index is 0.456. The normalized spacial score (nSPS) is 28.9. The monoisotopic (exact) mass is 165 g/mol. The largest absolute Gasteiger partial charge is 0.387 e. The molecule has 0 aromatic rings. The molecule has 0 aliphatic carbocycles. The first kappa shape index (κ1) is 8.87. The smallest absolute Gasteiger partial charge is 0.288 e. The van der Waals surface area contributed by atoms with Gasteiger partial charge >= 0.3 is 0 Å². The summed E-state index contributed by atoms with van der Waals surface area (Å²) in [7, 11) is 0. The molecule has 0 amide bonds. The van der Waals surface area contributed by atoms with Gasteiger partial charge in [0.05, 0.1) is 6.04 Å². The topological polar surface area (TPSA) is 32.3 Å². The van der Waals surface area contributed by atoms with Crippen molar-refractivity contribution < 1.29 is 13.9 Å². The number of aliphatic hydroxyl groups is 1. The zero-order valence-electron chi connectivity index (χ0n) is 6.48. The average molecular weight is 165 g/mol. The van der Waals surface area contributed by atoms with E-state index in [9.17, 15) is 8.78 Å². The first-order valence-corrected chi connectivity index (χ1v) is 3.84. The molecule has 2 atom stereocenters. The minimum atomic E-state index is -2.98. The van der Waals surface area contributed by atoms with E-state index in [0.717, 1.165) is 13.3 Å². The van der Waals surface area contributed by atoms with E-state index in [1.807, 2.05) is 0 Å². The molecule has 1 rings (SSSR count). The van der Waals surface area contributed by atoms with E-state index in [-0.39, 0.29) is 0 Å². The molecule has 0 radical (unpaired) electrons. The first-order valence-electron chi connectivity index (χ1n) is 3.84. The molecule has 1 fully saturated rings. The van der Waals surface area contributed by atoms with Gasteiger partial charge in [-0.15, -0.1) is 0 Å². The van der Waals surface area contributed by atoms with Crippen LogP contribution in [0.2, 0.25) is 0 Å². The Hall–Kier alpha value is -0.220. The van der Waals surface area contributed by atoms with Gasteiger partial charge in [0.25, 0.3) is 5.92 Å². The van der Waals surface area contributed by atoms with Crippen LogP contribution in [0.3, 0.4) is 0 Å². The number of aliphatic hydroxyl groups excluding tert-OH is 1. The molecule has 66 valence electrons. The van der Waals surface area contributed by atoms with Crippen molar-refractivity contribution in [2.24, 2.45) is 0 Å². The maximum atomic E-state index is 12.9. The zero-order chi connectivity index (χ0) is 8.48. The third kappa shape index (κ3) is 1.68. The predicted molar refractivity (Wildman–Crippen MR) is 37.7 cm³/mol. The molecule has 1 saturated heterocycles. The molecular formula is C7H13F2NO. The van der Waals surface area contributed by atoms with Gasteiger partial charge in [0.15, 0.2) is 0 Å². The molecule has 0 spiro atoms. The highest BCUT2D eigenvalue weighted by molar-refractivity contribution is 4.90. The lowest BCUT2D eigenvalue weighted by molar-refractivity contribution is -0.120. The molecule has 0 bridgehead atoms. The van der Waals surface area contributed by atoms with Crippen LogP contribution in [0, 0.1) is 0 Å². The van der Waals surface area contributed by atoms with Crippen molar-refractivity contribution in [3.05, 3.63) is 0 Å². The molecule has 11 heavy (non-hydrogen) atoms. The number of alkyl halides is 2. The minimum Gasteiger partial charge on any atom is -0.387 e. The van der Waals surface area contributed by atoms with Crippen LogP contribution < -0.4 is 5.32 Å². The van der Waals surface area contributed by atoms with Gasteiger partial charge in [-0.05, 0) is 26.3 Å². The van der Waals surface area contributed by atoms with Gasteiger partial charge in [-0.1, -0.05) is 0 Å². The van der Waals surface area contributed by atoms with Gasteiger partial charge in [-0.2, -0.15) is 0 Å². The molecule has 2 unspecified atom stereocenters. The first-order chi connectivity index (χ1) is 5.05. The van der Waals surface area contributed by atoms with Gasteiger partial charge in [-0.25, -0.2) is 8.78 Å². The van der Waals surface area contributed by atoms with E-state index in [1.165, 1.54) is 0 Å². The van der Waals surface area contributed by atoms with Gasteiger partial charge in [0.1, 0.15) is 6.10 Å². The number of hydrogen-bond acceptors (Lipinski definition) is 2. The summed E-state index contributed by atoms with van der Waals surface area (Å²) in [4.78, 5) is 0. The van der Waals surface area contributed by atoms with E-state index in [4.69, 9.17) is 5.11 Å². The molecule has 0 aromatic heterocycles. The number of nitrogens with one attached hydrogen (secondary N) is 1. The number of rotatable bonds is 2. The summed E-state index contributed by atoms with van der Waals surface area (Å²) in [6, 6.07) is -0.831. The van der Waals surface area contributed by atoms with Crippen molar-refractivity contribution in [1.82, 2.24) is 5.32 Å². The number of halogens is 2. The molecule has 2 N–H and O–H groups in total. The summed E-state index contributed by atoms with van der Waals surface area (Å²) in [5.41, 5.74) is 0. The van der Waals surface area contributed by atoms with E-state index >= 15 is 0 Å². The third-order valence-corrected chi connectivity index (χ3v) is 2.08. The van der Waals surface area contributed by atoms with E-state index < -0.39 is 18.1 Å². The van der Waals surface area contributed by atoms with Crippen LogP contribution in [0.15, 0.2) is 0 Å². The molecule has 1 aliphatic rings. The number of hydrogen-bond donors (Lipinski definition) is 2. The lowest BCUT2D eigenvalue weighted by Gasteiger charge is -2.25. The Bertz CT molecular complexity index is 132. The summed E-state index contributed by atoms with van der Waals surface area (Å²) in [6.45, 7) is 1.76. The van der Waals surface area contributed by atoms with Crippen LogP contribution in [-0.4, -0.2) is 29.7 Å². The van der Waals surface area contributed by atoms with Gasteiger partial charge in [0.2, 0.25) is 0 Å². The fraction of sp³-hybridized carbons (Fsp3) is 1.00. The molecule has 0 aromatic carbocycles. The van der Waals surface area contributed by atoms with E-state index in [0.29, 0.717) is 13.0 Å². The maximum absolute atomic E-state index is 12.9. The van der Waals surface area contributed by atoms with Crippen LogP contribution in [0.5, 0.6) is 0 Å². The quantitative estimate of drug-likeness (QED) is 0.633. The average Bonchev–Trinajstić information content (AvgIpc) is 2.37. The Morgan fingerprint density at radius 2 is 2.27 bits per heavy atom. The summed E-state index contributed by atoms with van der Waals surface area (Å²) >= 11 is 0. The van der Waals surface area contributed by atoms with Crippen molar-refractivity contribution >= 4 is 0 Å². The van der Waals surface area contributed by atoms with E-state index in [2.05, 4.69) is 5.32 Å². The second-order valence-electron chi connectivity index (χ2n) is 3.00.